The number of amides is 2. The van der Waals surface area contributed by atoms with Gasteiger partial charge in [-0.25, -0.2) is 4.39 Å². The third kappa shape index (κ3) is 6.36. The van der Waals surface area contributed by atoms with Crippen molar-refractivity contribution in [3.05, 3.63) is 70.5 Å². The van der Waals surface area contributed by atoms with E-state index in [-0.39, 0.29) is 35.4 Å². The zero-order valence-electron chi connectivity index (χ0n) is 15.5. The first-order chi connectivity index (χ1) is 12.9. The minimum atomic E-state index is -0.506. The summed E-state index contributed by atoms with van der Waals surface area (Å²) >= 11 is 5.86. The van der Waals surface area contributed by atoms with Gasteiger partial charge in [0.05, 0.1) is 10.6 Å². The number of carbonyl (C=O) groups is 2. The van der Waals surface area contributed by atoms with Gasteiger partial charge in [0.2, 0.25) is 5.91 Å². The molecule has 6 heteroatoms. The predicted octanol–water partition coefficient (Wildman–Crippen LogP) is 4.16. The molecule has 1 atom stereocenters. The molecule has 0 spiro atoms. The second-order valence-electron chi connectivity index (χ2n) is 6.70. The summed E-state index contributed by atoms with van der Waals surface area (Å²) in [5.41, 5.74) is 1.37. The van der Waals surface area contributed by atoms with Crippen LogP contribution >= 0.6 is 11.6 Å². The zero-order valence-corrected chi connectivity index (χ0v) is 16.2. The predicted molar refractivity (Wildman–Crippen MR) is 105 cm³/mol. The lowest BCUT2D eigenvalue weighted by molar-refractivity contribution is -0.121. The molecule has 2 amide bonds. The molecule has 2 aromatic carbocycles. The highest BCUT2D eigenvalue weighted by Crippen LogP contribution is 2.23. The van der Waals surface area contributed by atoms with Crippen molar-refractivity contribution in [2.45, 2.75) is 26.2 Å². The third-order valence-corrected chi connectivity index (χ3v) is 4.68. The largest absolute Gasteiger partial charge is 0.355 e. The Morgan fingerprint density at radius 2 is 1.78 bits per heavy atom. The smallest absolute Gasteiger partial charge is 0.252 e. The van der Waals surface area contributed by atoms with Gasteiger partial charge in [0.25, 0.3) is 5.91 Å². The summed E-state index contributed by atoms with van der Waals surface area (Å²) in [6.45, 7) is 4.96. The molecule has 0 aliphatic rings. The van der Waals surface area contributed by atoms with E-state index in [2.05, 4.69) is 36.6 Å². The number of hydrogen-bond donors (Lipinski definition) is 2. The van der Waals surface area contributed by atoms with Crippen LogP contribution < -0.4 is 10.6 Å². The lowest BCUT2D eigenvalue weighted by Crippen LogP contribution is -2.33. The average molecular weight is 391 g/mol. The van der Waals surface area contributed by atoms with Gasteiger partial charge in [-0.15, -0.1) is 0 Å². The van der Waals surface area contributed by atoms with Crippen LogP contribution in [0.4, 0.5) is 4.39 Å². The van der Waals surface area contributed by atoms with Gasteiger partial charge in [-0.3, -0.25) is 9.59 Å². The summed E-state index contributed by atoms with van der Waals surface area (Å²) < 4.78 is 13.0. The lowest BCUT2D eigenvalue weighted by atomic mass is 9.88. The van der Waals surface area contributed by atoms with Crippen molar-refractivity contribution >= 4 is 23.4 Å². The van der Waals surface area contributed by atoms with Gasteiger partial charge in [-0.05, 0) is 29.7 Å². The summed E-state index contributed by atoms with van der Waals surface area (Å²) in [6.07, 6.45) is 0.157. The lowest BCUT2D eigenvalue weighted by Gasteiger charge is -2.22. The van der Waals surface area contributed by atoms with E-state index in [1.54, 1.807) is 0 Å². The second kappa shape index (κ2) is 10.1. The standard InChI is InChI=1S/C21H24ClFN2O2/c1-14(2)18(15-6-4-3-5-7-15)13-25-20(26)10-11-24-21(27)17-9-8-16(23)12-19(17)22/h3-9,12,14,18H,10-11,13H2,1-2H3,(H,24,27)(H,25,26). The van der Waals surface area contributed by atoms with Crippen LogP contribution in [0.25, 0.3) is 0 Å². The molecular formula is C21H24ClFN2O2. The number of nitrogens with one attached hydrogen (secondary N) is 2. The fourth-order valence-corrected chi connectivity index (χ4v) is 3.06. The maximum absolute atomic E-state index is 13.0. The van der Waals surface area contributed by atoms with Crippen LogP contribution in [0.2, 0.25) is 5.02 Å². The Balaban J connectivity index is 1.79. The van der Waals surface area contributed by atoms with Gasteiger partial charge >= 0.3 is 0 Å². The minimum Gasteiger partial charge on any atom is -0.355 e. The minimum absolute atomic E-state index is 0.0413. The van der Waals surface area contributed by atoms with Crippen molar-refractivity contribution in [2.24, 2.45) is 5.92 Å². The normalized spacial score (nSPS) is 11.9. The third-order valence-electron chi connectivity index (χ3n) is 4.36. The average Bonchev–Trinajstić information content (AvgIpc) is 2.62. The van der Waals surface area contributed by atoms with Crippen LogP contribution in [0.3, 0.4) is 0 Å². The van der Waals surface area contributed by atoms with Gasteiger partial charge in [0.1, 0.15) is 5.82 Å². The van der Waals surface area contributed by atoms with Crippen LogP contribution in [0.1, 0.15) is 42.1 Å². The SMILES string of the molecule is CC(C)C(CNC(=O)CCNC(=O)c1ccc(F)cc1Cl)c1ccccc1. The van der Waals surface area contributed by atoms with Crippen LogP contribution in [0.5, 0.6) is 0 Å². The Kier molecular flexibility index (Phi) is 7.80. The first-order valence-electron chi connectivity index (χ1n) is 8.93. The summed E-state index contributed by atoms with van der Waals surface area (Å²) in [4.78, 5) is 24.1. The molecule has 0 fully saturated rings. The van der Waals surface area contributed by atoms with E-state index in [0.29, 0.717) is 12.5 Å². The molecule has 2 rings (SSSR count). The van der Waals surface area contributed by atoms with Crippen molar-refractivity contribution in [2.75, 3.05) is 13.1 Å². The molecule has 0 saturated carbocycles. The molecule has 0 aromatic heterocycles. The molecule has 0 aliphatic heterocycles. The Morgan fingerprint density at radius 1 is 1.07 bits per heavy atom. The van der Waals surface area contributed by atoms with Gasteiger partial charge in [-0.2, -0.15) is 0 Å². The van der Waals surface area contributed by atoms with Crippen LogP contribution in [0, 0.1) is 11.7 Å². The highest BCUT2D eigenvalue weighted by molar-refractivity contribution is 6.33. The highest BCUT2D eigenvalue weighted by atomic mass is 35.5. The molecule has 2 aromatic rings. The molecule has 0 heterocycles. The van der Waals surface area contributed by atoms with Crippen molar-refractivity contribution in [3.8, 4) is 0 Å². The Hall–Kier alpha value is -2.40. The topological polar surface area (TPSA) is 58.2 Å². The Morgan fingerprint density at radius 3 is 2.41 bits per heavy atom. The van der Waals surface area contributed by atoms with Gasteiger partial charge in [-0.1, -0.05) is 55.8 Å². The van der Waals surface area contributed by atoms with Crippen molar-refractivity contribution in [1.82, 2.24) is 10.6 Å². The van der Waals surface area contributed by atoms with Gasteiger partial charge in [0, 0.05) is 25.4 Å². The first-order valence-corrected chi connectivity index (χ1v) is 9.31. The van der Waals surface area contributed by atoms with E-state index in [1.165, 1.54) is 17.7 Å². The Bertz CT molecular complexity index is 781. The second-order valence-corrected chi connectivity index (χ2v) is 7.10. The summed E-state index contributed by atoms with van der Waals surface area (Å²) in [5.74, 6) is -0.468. The molecule has 0 radical (unpaired) electrons. The zero-order chi connectivity index (χ0) is 19.8. The maximum Gasteiger partial charge on any atom is 0.252 e. The van der Waals surface area contributed by atoms with E-state index >= 15 is 0 Å². The van der Waals surface area contributed by atoms with E-state index in [0.717, 1.165) is 6.07 Å². The van der Waals surface area contributed by atoms with Crippen LogP contribution in [-0.2, 0) is 4.79 Å². The van der Waals surface area contributed by atoms with Crippen LogP contribution in [-0.4, -0.2) is 24.9 Å². The number of halogens is 2. The molecule has 0 saturated heterocycles. The molecule has 0 bridgehead atoms. The number of rotatable bonds is 8. The summed E-state index contributed by atoms with van der Waals surface area (Å²) in [6, 6.07) is 13.6. The fraction of sp³-hybridized carbons (Fsp3) is 0.333. The van der Waals surface area contributed by atoms with Gasteiger partial charge < -0.3 is 10.6 Å². The quantitative estimate of drug-likeness (QED) is 0.711. The maximum atomic E-state index is 13.0. The first kappa shape index (κ1) is 20.9. The monoisotopic (exact) mass is 390 g/mol. The van der Waals surface area contributed by atoms with E-state index < -0.39 is 11.7 Å². The molecule has 2 N–H and O–H groups in total. The number of benzene rings is 2. The summed E-state index contributed by atoms with van der Waals surface area (Å²) in [7, 11) is 0. The fourth-order valence-electron chi connectivity index (χ4n) is 2.81. The highest BCUT2D eigenvalue weighted by Gasteiger charge is 2.17. The van der Waals surface area contributed by atoms with Crippen molar-refractivity contribution < 1.29 is 14.0 Å². The number of hydrogen-bond acceptors (Lipinski definition) is 2. The van der Waals surface area contributed by atoms with E-state index in [9.17, 15) is 14.0 Å². The Labute approximate surface area is 164 Å². The van der Waals surface area contributed by atoms with Gasteiger partial charge in [0.15, 0.2) is 0 Å². The molecule has 4 nitrogen and oxygen atoms in total. The molecular weight excluding hydrogens is 367 g/mol. The van der Waals surface area contributed by atoms with Crippen LogP contribution in [0.15, 0.2) is 48.5 Å². The van der Waals surface area contributed by atoms with E-state index in [4.69, 9.17) is 11.6 Å². The van der Waals surface area contributed by atoms with Crippen molar-refractivity contribution in [3.63, 3.8) is 0 Å². The molecule has 0 aliphatic carbocycles. The van der Waals surface area contributed by atoms with Crippen molar-refractivity contribution in [1.29, 1.82) is 0 Å². The molecule has 1 unspecified atom stereocenters. The van der Waals surface area contributed by atoms with E-state index in [1.807, 2.05) is 18.2 Å². The number of carbonyl (C=O) groups excluding carboxylic acids is 2. The molecule has 27 heavy (non-hydrogen) atoms. The molecule has 144 valence electrons. The summed E-state index contributed by atoms with van der Waals surface area (Å²) in [5, 5.41) is 5.60.